The van der Waals surface area contributed by atoms with E-state index in [1.165, 1.54) is 12.3 Å². The van der Waals surface area contributed by atoms with Gasteiger partial charge in [0.2, 0.25) is 0 Å². The fraction of sp³-hybridized carbons (Fsp3) is 0.353. The molecule has 1 aliphatic rings. The third-order valence-electron chi connectivity index (χ3n) is 4.31. The molecule has 0 bridgehead atoms. The van der Waals surface area contributed by atoms with Crippen molar-refractivity contribution >= 4 is 17.5 Å². The van der Waals surface area contributed by atoms with E-state index in [4.69, 9.17) is 0 Å². The van der Waals surface area contributed by atoms with Gasteiger partial charge < -0.3 is 16.0 Å². The molecule has 0 aliphatic carbocycles. The molecule has 9 heteroatoms. The Morgan fingerprint density at radius 1 is 1.19 bits per heavy atom. The number of halogens is 2. The van der Waals surface area contributed by atoms with Gasteiger partial charge >= 0.3 is 0 Å². The van der Waals surface area contributed by atoms with E-state index in [1.807, 2.05) is 0 Å². The summed E-state index contributed by atoms with van der Waals surface area (Å²) in [4.78, 5) is 24.5. The molecule has 0 atom stereocenters. The summed E-state index contributed by atoms with van der Waals surface area (Å²) in [6.07, 6.45) is 3.16. The first-order chi connectivity index (χ1) is 12.6. The summed E-state index contributed by atoms with van der Waals surface area (Å²) in [6, 6.07) is 3.14. The Bertz CT molecular complexity index is 792. The number of carbonyl (C=O) groups excluding carboxylic acids is 2. The standard InChI is InChI=1S/C17H19F2N5O2.2H2/c18-11-2-1-3-12(19)14(11)16(25)23-13-9-22-24-15(13)17(26)21-8-10-4-6-20-7-5-10;;/h1-3,9-10,20H,4-8H2,(H,21,26)(H,22,24)(H,23,25);2*1H. The summed E-state index contributed by atoms with van der Waals surface area (Å²) in [7, 11) is 0. The van der Waals surface area contributed by atoms with E-state index >= 15 is 0 Å². The van der Waals surface area contributed by atoms with Crippen molar-refractivity contribution in [1.29, 1.82) is 0 Å². The Morgan fingerprint density at radius 3 is 2.58 bits per heavy atom. The Morgan fingerprint density at radius 2 is 1.88 bits per heavy atom. The molecular formula is C17H23F2N5O2. The minimum Gasteiger partial charge on any atom is -0.350 e. The summed E-state index contributed by atoms with van der Waals surface area (Å²) in [5, 5.41) is 14.6. The number of nitrogens with one attached hydrogen (secondary N) is 4. The van der Waals surface area contributed by atoms with Crippen molar-refractivity contribution in [2.45, 2.75) is 12.8 Å². The number of anilines is 1. The predicted octanol–water partition coefficient (Wildman–Crippen LogP) is 2.16. The maximum absolute atomic E-state index is 13.7. The number of aromatic amines is 1. The molecule has 1 fully saturated rings. The van der Waals surface area contributed by atoms with E-state index in [1.54, 1.807) is 0 Å². The highest BCUT2D eigenvalue weighted by Gasteiger charge is 2.22. The van der Waals surface area contributed by atoms with Crippen molar-refractivity contribution in [1.82, 2.24) is 20.8 Å². The predicted molar refractivity (Wildman–Crippen MR) is 95.1 cm³/mol. The molecule has 2 heterocycles. The lowest BCUT2D eigenvalue weighted by molar-refractivity contribution is 0.0940. The SMILES string of the molecule is O=C(NCC1CCNCC1)c1[nH]ncc1NC(=O)c1c(F)cccc1F.[HH].[HH]. The number of H-pyrrole nitrogens is 1. The normalized spacial score (nSPS) is 14.8. The van der Waals surface area contributed by atoms with Crippen LogP contribution in [0.15, 0.2) is 24.4 Å². The lowest BCUT2D eigenvalue weighted by Crippen LogP contribution is -2.36. The van der Waals surface area contributed by atoms with Gasteiger partial charge in [0.25, 0.3) is 11.8 Å². The van der Waals surface area contributed by atoms with Crippen LogP contribution >= 0.6 is 0 Å². The van der Waals surface area contributed by atoms with Crippen LogP contribution in [0.3, 0.4) is 0 Å². The van der Waals surface area contributed by atoms with Crippen molar-refractivity contribution in [3.05, 3.63) is 47.3 Å². The van der Waals surface area contributed by atoms with Crippen molar-refractivity contribution in [2.24, 2.45) is 5.92 Å². The second-order valence-electron chi connectivity index (χ2n) is 6.11. The van der Waals surface area contributed by atoms with Crippen LogP contribution in [0.1, 0.15) is 36.5 Å². The van der Waals surface area contributed by atoms with Crippen LogP contribution in [0.5, 0.6) is 0 Å². The Balaban J connectivity index is 0.00000196. The molecule has 0 radical (unpaired) electrons. The van der Waals surface area contributed by atoms with Gasteiger partial charge in [0.15, 0.2) is 0 Å². The van der Waals surface area contributed by atoms with Gasteiger partial charge in [-0.25, -0.2) is 8.78 Å². The van der Waals surface area contributed by atoms with Gasteiger partial charge in [0.05, 0.1) is 11.9 Å². The van der Waals surface area contributed by atoms with E-state index in [0.29, 0.717) is 12.5 Å². The molecule has 0 spiro atoms. The average molecular weight is 367 g/mol. The quantitative estimate of drug-likeness (QED) is 0.651. The Kier molecular flexibility index (Phi) is 5.57. The number of carbonyl (C=O) groups is 2. The molecule has 1 aromatic carbocycles. The molecule has 142 valence electrons. The fourth-order valence-corrected chi connectivity index (χ4v) is 2.86. The molecule has 2 amide bonds. The monoisotopic (exact) mass is 367 g/mol. The maximum Gasteiger partial charge on any atom is 0.271 e. The van der Waals surface area contributed by atoms with Crippen LogP contribution in [-0.2, 0) is 0 Å². The van der Waals surface area contributed by atoms with Gasteiger partial charge in [-0.2, -0.15) is 5.10 Å². The third kappa shape index (κ3) is 4.05. The van der Waals surface area contributed by atoms with E-state index in [9.17, 15) is 18.4 Å². The zero-order valence-electron chi connectivity index (χ0n) is 13.9. The van der Waals surface area contributed by atoms with Crippen molar-refractivity contribution in [2.75, 3.05) is 25.0 Å². The van der Waals surface area contributed by atoms with Gasteiger partial charge in [-0.15, -0.1) is 0 Å². The second kappa shape index (κ2) is 8.05. The zero-order chi connectivity index (χ0) is 18.5. The topological polar surface area (TPSA) is 98.9 Å². The van der Waals surface area contributed by atoms with Crippen LogP contribution in [-0.4, -0.2) is 41.6 Å². The maximum atomic E-state index is 13.7. The van der Waals surface area contributed by atoms with Crippen LogP contribution < -0.4 is 16.0 Å². The molecule has 2 aromatic rings. The van der Waals surface area contributed by atoms with E-state index in [0.717, 1.165) is 38.1 Å². The van der Waals surface area contributed by atoms with Crippen LogP contribution in [0, 0.1) is 17.6 Å². The summed E-state index contributed by atoms with van der Waals surface area (Å²) >= 11 is 0. The first-order valence-electron chi connectivity index (χ1n) is 8.34. The second-order valence-corrected chi connectivity index (χ2v) is 6.11. The highest BCUT2D eigenvalue weighted by atomic mass is 19.1. The molecule has 3 rings (SSSR count). The van der Waals surface area contributed by atoms with Crippen LogP contribution in [0.4, 0.5) is 14.5 Å². The molecule has 7 nitrogen and oxygen atoms in total. The number of amides is 2. The first kappa shape index (κ1) is 18.0. The van der Waals surface area contributed by atoms with E-state index in [-0.39, 0.29) is 14.2 Å². The van der Waals surface area contributed by atoms with Crippen LogP contribution in [0.2, 0.25) is 0 Å². The number of aromatic nitrogens is 2. The minimum atomic E-state index is -0.991. The summed E-state index contributed by atoms with van der Waals surface area (Å²) in [5.74, 6) is -3.01. The van der Waals surface area contributed by atoms with Crippen molar-refractivity contribution in [3.63, 3.8) is 0 Å². The Labute approximate surface area is 151 Å². The molecule has 1 aliphatic heterocycles. The number of benzene rings is 1. The molecule has 1 saturated heterocycles. The molecule has 4 N–H and O–H groups in total. The molecule has 0 saturated carbocycles. The molecule has 1 aromatic heterocycles. The number of nitrogens with zero attached hydrogens (tertiary/aromatic N) is 1. The lowest BCUT2D eigenvalue weighted by atomic mass is 9.98. The lowest BCUT2D eigenvalue weighted by Gasteiger charge is -2.22. The van der Waals surface area contributed by atoms with Gasteiger partial charge in [-0.05, 0) is 44.0 Å². The van der Waals surface area contributed by atoms with E-state index in [2.05, 4.69) is 26.1 Å². The number of hydrogen-bond donors (Lipinski definition) is 4. The number of piperidine rings is 1. The van der Waals surface area contributed by atoms with Crippen molar-refractivity contribution < 1.29 is 21.2 Å². The number of hydrogen-bond acceptors (Lipinski definition) is 4. The first-order valence-corrected chi connectivity index (χ1v) is 8.34. The third-order valence-corrected chi connectivity index (χ3v) is 4.31. The van der Waals surface area contributed by atoms with Gasteiger partial charge in [0, 0.05) is 9.40 Å². The zero-order valence-corrected chi connectivity index (χ0v) is 13.9. The van der Waals surface area contributed by atoms with Gasteiger partial charge in [-0.1, -0.05) is 6.07 Å². The minimum absolute atomic E-state index is 0. The largest absolute Gasteiger partial charge is 0.350 e. The summed E-state index contributed by atoms with van der Waals surface area (Å²) < 4.78 is 27.4. The molecular weight excluding hydrogens is 344 g/mol. The summed E-state index contributed by atoms with van der Waals surface area (Å²) in [5.41, 5.74) is -0.626. The number of rotatable bonds is 5. The van der Waals surface area contributed by atoms with E-state index < -0.39 is 29.0 Å². The van der Waals surface area contributed by atoms with Gasteiger partial charge in [-0.3, -0.25) is 14.7 Å². The molecule has 26 heavy (non-hydrogen) atoms. The Hall–Kier alpha value is -2.81. The fourth-order valence-electron chi connectivity index (χ4n) is 2.86. The smallest absolute Gasteiger partial charge is 0.271 e. The van der Waals surface area contributed by atoms with Gasteiger partial charge in [0.1, 0.15) is 22.9 Å². The summed E-state index contributed by atoms with van der Waals surface area (Å²) in [6.45, 7) is 2.34. The van der Waals surface area contributed by atoms with Crippen LogP contribution in [0.25, 0.3) is 0 Å². The molecule has 0 unspecified atom stereocenters. The highest BCUT2D eigenvalue weighted by molar-refractivity contribution is 6.08. The van der Waals surface area contributed by atoms with Crippen molar-refractivity contribution in [3.8, 4) is 0 Å². The highest BCUT2D eigenvalue weighted by Crippen LogP contribution is 2.17. The average Bonchev–Trinajstić information content (AvgIpc) is 3.08.